The summed E-state index contributed by atoms with van der Waals surface area (Å²) in [5.74, 6) is 0.0249. The van der Waals surface area contributed by atoms with Crippen molar-refractivity contribution in [3.8, 4) is 0 Å². The monoisotopic (exact) mass is 330 g/mol. The van der Waals surface area contributed by atoms with Gasteiger partial charge in [-0.2, -0.15) is 0 Å². The van der Waals surface area contributed by atoms with Crippen LogP contribution in [0.25, 0.3) is 0 Å². The van der Waals surface area contributed by atoms with Crippen molar-refractivity contribution in [3.05, 3.63) is 47.5 Å². The van der Waals surface area contributed by atoms with Crippen molar-refractivity contribution >= 4 is 5.91 Å². The second-order valence-electron chi connectivity index (χ2n) is 6.65. The predicted molar refractivity (Wildman–Crippen MR) is 97.8 cm³/mol. The number of carbonyl (C=O) groups is 1. The quantitative estimate of drug-likeness (QED) is 0.754. The minimum Gasteiger partial charge on any atom is -0.381 e. The Hall–Kier alpha value is -1.65. The van der Waals surface area contributed by atoms with E-state index in [1.807, 2.05) is 26.0 Å². The van der Waals surface area contributed by atoms with E-state index in [-0.39, 0.29) is 17.5 Å². The van der Waals surface area contributed by atoms with Crippen LogP contribution < -0.4 is 10.6 Å². The largest absolute Gasteiger partial charge is 0.381 e. The van der Waals surface area contributed by atoms with E-state index in [0.717, 1.165) is 38.0 Å². The molecule has 1 aliphatic rings. The molecule has 1 atom stereocenters. The summed E-state index contributed by atoms with van der Waals surface area (Å²) in [4.78, 5) is 12.2. The summed E-state index contributed by atoms with van der Waals surface area (Å²) in [6.07, 6.45) is 4.65. The van der Waals surface area contributed by atoms with Gasteiger partial charge in [-0.1, -0.05) is 43.3 Å². The lowest BCUT2D eigenvalue weighted by molar-refractivity contribution is -0.118. The average molecular weight is 330 g/mol. The SMILES string of the molecule is CC/C=C(\C)C(=O)NCC1(N[C@@H](C)c2ccccc2)CCOCC1. The molecule has 0 aromatic heterocycles. The summed E-state index contributed by atoms with van der Waals surface area (Å²) < 4.78 is 5.54. The van der Waals surface area contributed by atoms with E-state index < -0.39 is 0 Å². The Bertz CT molecular complexity index is 548. The molecule has 2 rings (SSSR count). The zero-order chi connectivity index (χ0) is 17.4. The van der Waals surface area contributed by atoms with E-state index in [2.05, 4.69) is 41.8 Å². The number of hydrogen-bond acceptors (Lipinski definition) is 3. The Morgan fingerprint density at radius 1 is 1.29 bits per heavy atom. The number of allylic oxidation sites excluding steroid dienone is 1. The van der Waals surface area contributed by atoms with Crippen molar-refractivity contribution in [1.82, 2.24) is 10.6 Å². The van der Waals surface area contributed by atoms with Crippen LogP contribution in [0.2, 0.25) is 0 Å². The van der Waals surface area contributed by atoms with Gasteiger partial charge in [-0.15, -0.1) is 0 Å². The molecule has 0 bridgehead atoms. The van der Waals surface area contributed by atoms with Gasteiger partial charge in [-0.3, -0.25) is 4.79 Å². The molecule has 1 amide bonds. The average Bonchev–Trinajstić information content (AvgIpc) is 2.61. The number of ether oxygens (including phenoxy) is 1. The first kappa shape index (κ1) is 18.7. The van der Waals surface area contributed by atoms with Crippen LogP contribution in [0.5, 0.6) is 0 Å². The third-order valence-corrected chi connectivity index (χ3v) is 4.73. The van der Waals surface area contributed by atoms with Crippen molar-refractivity contribution in [1.29, 1.82) is 0 Å². The highest BCUT2D eigenvalue weighted by atomic mass is 16.5. The maximum absolute atomic E-state index is 12.2. The molecule has 1 aromatic rings. The van der Waals surface area contributed by atoms with Gasteiger partial charge < -0.3 is 15.4 Å². The van der Waals surface area contributed by atoms with Crippen molar-refractivity contribution in [2.24, 2.45) is 0 Å². The molecule has 0 spiro atoms. The fourth-order valence-corrected chi connectivity index (χ4v) is 3.21. The molecule has 1 heterocycles. The maximum atomic E-state index is 12.2. The minimum absolute atomic E-state index is 0.0249. The molecule has 0 saturated carbocycles. The number of rotatable bonds is 7. The lowest BCUT2D eigenvalue weighted by Gasteiger charge is -2.40. The zero-order valence-electron chi connectivity index (χ0n) is 15.1. The topological polar surface area (TPSA) is 50.4 Å². The minimum atomic E-state index is -0.115. The molecule has 0 radical (unpaired) electrons. The van der Waals surface area contributed by atoms with Crippen LogP contribution in [0, 0.1) is 0 Å². The van der Waals surface area contributed by atoms with Gasteiger partial charge in [0.15, 0.2) is 0 Å². The van der Waals surface area contributed by atoms with Crippen LogP contribution in [-0.2, 0) is 9.53 Å². The highest BCUT2D eigenvalue weighted by Gasteiger charge is 2.34. The second-order valence-corrected chi connectivity index (χ2v) is 6.65. The molecule has 1 saturated heterocycles. The maximum Gasteiger partial charge on any atom is 0.246 e. The van der Waals surface area contributed by atoms with Gasteiger partial charge in [0.25, 0.3) is 0 Å². The Balaban J connectivity index is 2.03. The molecule has 0 unspecified atom stereocenters. The summed E-state index contributed by atoms with van der Waals surface area (Å²) in [7, 11) is 0. The van der Waals surface area contributed by atoms with E-state index in [4.69, 9.17) is 4.74 Å². The Labute approximate surface area is 145 Å². The summed E-state index contributed by atoms with van der Waals surface area (Å²) in [6.45, 7) is 8.18. The van der Waals surface area contributed by atoms with Crippen LogP contribution in [-0.4, -0.2) is 31.2 Å². The van der Waals surface area contributed by atoms with Crippen LogP contribution in [0.15, 0.2) is 42.0 Å². The summed E-state index contributed by atoms with van der Waals surface area (Å²) in [6, 6.07) is 10.7. The molecule has 2 N–H and O–H groups in total. The molecule has 0 aliphatic carbocycles. The van der Waals surface area contributed by atoms with Crippen molar-refractivity contribution in [3.63, 3.8) is 0 Å². The first-order chi connectivity index (χ1) is 11.6. The van der Waals surface area contributed by atoms with E-state index in [0.29, 0.717) is 6.54 Å². The molecular weight excluding hydrogens is 300 g/mol. The number of nitrogens with one attached hydrogen (secondary N) is 2. The van der Waals surface area contributed by atoms with Crippen LogP contribution in [0.1, 0.15) is 51.6 Å². The third-order valence-electron chi connectivity index (χ3n) is 4.73. The van der Waals surface area contributed by atoms with Gasteiger partial charge >= 0.3 is 0 Å². The molecule has 24 heavy (non-hydrogen) atoms. The fraction of sp³-hybridized carbons (Fsp3) is 0.550. The Kier molecular flexibility index (Phi) is 7.00. The molecule has 1 fully saturated rings. The second kappa shape index (κ2) is 9.00. The first-order valence-corrected chi connectivity index (χ1v) is 8.92. The van der Waals surface area contributed by atoms with Crippen molar-refractivity contribution < 1.29 is 9.53 Å². The van der Waals surface area contributed by atoms with E-state index in [9.17, 15) is 4.79 Å². The lowest BCUT2D eigenvalue weighted by Crippen LogP contribution is -2.57. The van der Waals surface area contributed by atoms with E-state index >= 15 is 0 Å². The number of hydrogen-bond donors (Lipinski definition) is 2. The molecule has 1 aromatic carbocycles. The zero-order valence-corrected chi connectivity index (χ0v) is 15.1. The van der Waals surface area contributed by atoms with Crippen LogP contribution in [0.4, 0.5) is 0 Å². The molecule has 1 aliphatic heterocycles. The number of amides is 1. The Morgan fingerprint density at radius 3 is 2.58 bits per heavy atom. The van der Waals surface area contributed by atoms with Gasteiger partial charge in [0.1, 0.15) is 0 Å². The molecule has 4 nitrogen and oxygen atoms in total. The highest BCUT2D eigenvalue weighted by Crippen LogP contribution is 2.25. The predicted octanol–water partition coefficient (Wildman–Crippen LogP) is 3.36. The number of benzene rings is 1. The third kappa shape index (κ3) is 5.18. The standard InChI is InChI=1S/C20H30N2O2/c1-4-8-16(2)19(23)21-15-20(11-13-24-14-12-20)22-17(3)18-9-6-5-7-10-18/h5-10,17,22H,4,11-15H2,1-3H3,(H,21,23)/b16-8+/t17-/m0/s1. The molecular formula is C20H30N2O2. The number of carbonyl (C=O) groups excluding carboxylic acids is 1. The lowest BCUT2D eigenvalue weighted by atomic mass is 9.88. The van der Waals surface area contributed by atoms with Gasteiger partial charge in [0.05, 0.1) is 0 Å². The van der Waals surface area contributed by atoms with Gasteiger partial charge in [0.2, 0.25) is 5.91 Å². The fourth-order valence-electron chi connectivity index (χ4n) is 3.21. The summed E-state index contributed by atoms with van der Waals surface area (Å²) in [5, 5.41) is 6.87. The highest BCUT2D eigenvalue weighted by molar-refractivity contribution is 5.92. The first-order valence-electron chi connectivity index (χ1n) is 8.92. The Morgan fingerprint density at radius 2 is 1.96 bits per heavy atom. The molecule has 4 heteroatoms. The van der Waals surface area contributed by atoms with Crippen molar-refractivity contribution in [2.75, 3.05) is 19.8 Å². The van der Waals surface area contributed by atoms with E-state index in [1.54, 1.807) is 0 Å². The summed E-state index contributed by atoms with van der Waals surface area (Å²) >= 11 is 0. The van der Waals surface area contributed by atoms with Crippen LogP contribution in [0.3, 0.4) is 0 Å². The van der Waals surface area contributed by atoms with Gasteiger partial charge in [0, 0.05) is 36.9 Å². The van der Waals surface area contributed by atoms with Gasteiger partial charge in [-0.25, -0.2) is 0 Å². The summed E-state index contributed by atoms with van der Waals surface area (Å²) in [5.41, 5.74) is 1.93. The molecule has 132 valence electrons. The van der Waals surface area contributed by atoms with Gasteiger partial charge in [-0.05, 0) is 38.7 Å². The smallest absolute Gasteiger partial charge is 0.246 e. The van der Waals surface area contributed by atoms with Crippen molar-refractivity contribution in [2.45, 2.75) is 51.6 Å². The van der Waals surface area contributed by atoms with E-state index in [1.165, 1.54) is 5.56 Å². The normalized spacial score (nSPS) is 18.9. The van der Waals surface area contributed by atoms with Crippen LogP contribution >= 0.6 is 0 Å².